The molecule has 0 radical (unpaired) electrons. The van der Waals surface area contributed by atoms with Crippen LogP contribution < -0.4 is 5.32 Å². The van der Waals surface area contributed by atoms with Gasteiger partial charge in [-0.2, -0.15) is 4.98 Å². The lowest BCUT2D eigenvalue weighted by Gasteiger charge is -2.04. The molecule has 11 heteroatoms. The van der Waals surface area contributed by atoms with Crippen LogP contribution in [0.1, 0.15) is 12.7 Å². The second-order valence-electron chi connectivity index (χ2n) is 5.23. The van der Waals surface area contributed by atoms with E-state index in [1.807, 2.05) is 14.0 Å². The molecule has 132 valence electrons. The van der Waals surface area contributed by atoms with E-state index in [-0.39, 0.29) is 30.0 Å². The number of halogens is 1. The van der Waals surface area contributed by atoms with Crippen LogP contribution in [0.5, 0.6) is 0 Å². The molecule has 0 aliphatic heterocycles. The van der Waals surface area contributed by atoms with E-state index in [1.54, 1.807) is 18.3 Å². The van der Waals surface area contributed by atoms with Crippen molar-refractivity contribution in [3.05, 3.63) is 46.4 Å². The summed E-state index contributed by atoms with van der Waals surface area (Å²) in [6, 6.07) is 6.31. The average Bonchev–Trinajstić information content (AvgIpc) is 3.24. The van der Waals surface area contributed by atoms with Gasteiger partial charge in [0.2, 0.25) is 0 Å². The van der Waals surface area contributed by atoms with Crippen molar-refractivity contribution in [3.63, 3.8) is 0 Å². The average molecular weight is 366 g/mol. The molecule has 0 fully saturated rings. The van der Waals surface area contributed by atoms with Gasteiger partial charge in [-0.05, 0) is 20.0 Å². The molecule has 0 bridgehead atoms. The second-order valence-corrected chi connectivity index (χ2v) is 5.23. The quantitative estimate of drug-likeness (QED) is 0.517. The van der Waals surface area contributed by atoms with Crippen molar-refractivity contribution >= 4 is 18.1 Å². The van der Waals surface area contributed by atoms with Crippen LogP contribution in [0.15, 0.2) is 35.0 Å². The third-order valence-electron chi connectivity index (χ3n) is 3.47. The molecule has 10 nitrogen and oxygen atoms in total. The number of nitro benzene ring substituents is 1. The fraction of sp³-hybridized carbons (Fsp3) is 0.286. The highest BCUT2D eigenvalue weighted by molar-refractivity contribution is 5.85. The molecule has 3 aromatic rings. The summed E-state index contributed by atoms with van der Waals surface area (Å²) in [5, 5.41) is 25.8. The number of nitrogens with one attached hydrogen (secondary N) is 1. The van der Waals surface area contributed by atoms with Crippen molar-refractivity contribution in [3.8, 4) is 17.3 Å². The zero-order valence-electron chi connectivity index (χ0n) is 13.5. The number of nitro groups is 1. The number of non-ortho nitro benzene ring substituents is 1. The highest BCUT2D eigenvalue weighted by Crippen LogP contribution is 2.19. The lowest BCUT2D eigenvalue weighted by molar-refractivity contribution is -0.384. The summed E-state index contributed by atoms with van der Waals surface area (Å²) >= 11 is 0. The summed E-state index contributed by atoms with van der Waals surface area (Å²) in [4.78, 5) is 14.7. The molecule has 2 heterocycles. The van der Waals surface area contributed by atoms with E-state index in [4.69, 9.17) is 4.52 Å². The Bertz CT molecular complexity index is 863. The van der Waals surface area contributed by atoms with Gasteiger partial charge in [-0.15, -0.1) is 17.5 Å². The molecule has 0 aliphatic rings. The van der Waals surface area contributed by atoms with Crippen LogP contribution in [-0.2, 0) is 6.42 Å². The minimum absolute atomic E-state index is 0. The third-order valence-corrected chi connectivity index (χ3v) is 3.47. The van der Waals surface area contributed by atoms with Crippen molar-refractivity contribution in [2.45, 2.75) is 19.4 Å². The minimum Gasteiger partial charge on any atom is -0.332 e. The molecule has 25 heavy (non-hydrogen) atoms. The number of rotatable bonds is 6. The van der Waals surface area contributed by atoms with Crippen LogP contribution in [0.2, 0.25) is 0 Å². The Morgan fingerprint density at radius 2 is 2.24 bits per heavy atom. The zero-order chi connectivity index (χ0) is 17.1. The summed E-state index contributed by atoms with van der Waals surface area (Å²) in [6.45, 7) is 2.01. The van der Waals surface area contributed by atoms with Crippen LogP contribution >= 0.6 is 12.4 Å². The first-order valence-corrected chi connectivity index (χ1v) is 7.24. The van der Waals surface area contributed by atoms with Crippen LogP contribution in [0.4, 0.5) is 5.69 Å². The van der Waals surface area contributed by atoms with Gasteiger partial charge in [-0.3, -0.25) is 10.1 Å². The van der Waals surface area contributed by atoms with E-state index in [0.29, 0.717) is 23.6 Å². The monoisotopic (exact) mass is 365 g/mol. The molecule has 3 rings (SSSR count). The summed E-state index contributed by atoms with van der Waals surface area (Å²) in [5.74, 6) is 0.821. The molecule has 1 aromatic carbocycles. The van der Waals surface area contributed by atoms with Gasteiger partial charge in [-0.25, -0.2) is 4.68 Å². The molecule has 1 atom stereocenters. The lowest BCUT2D eigenvalue weighted by Crippen LogP contribution is -2.24. The van der Waals surface area contributed by atoms with Crippen LogP contribution in [0.3, 0.4) is 0 Å². The minimum atomic E-state index is -0.464. The van der Waals surface area contributed by atoms with Gasteiger partial charge in [0.1, 0.15) is 0 Å². The molecular weight excluding hydrogens is 350 g/mol. The van der Waals surface area contributed by atoms with Gasteiger partial charge >= 0.3 is 0 Å². The molecule has 1 unspecified atom stereocenters. The highest BCUT2D eigenvalue weighted by Gasteiger charge is 2.15. The van der Waals surface area contributed by atoms with Crippen LogP contribution in [0, 0.1) is 10.1 Å². The smallest absolute Gasteiger partial charge is 0.280 e. The van der Waals surface area contributed by atoms with Gasteiger partial charge < -0.3 is 9.84 Å². The van der Waals surface area contributed by atoms with Gasteiger partial charge in [-0.1, -0.05) is 16.4 Å². The van der Waals surface area contributed by atoms with E-state index >= 15 is 0 Å². The predicted octanol–water partition coefficient (Wildman–Crippen LogP) is 1.80. The van der Waals surface area contributed by atoms with E-state index in [1.165, 1.54) is 16.8 Å². The number of hydrogen-bond acceptors (Lipinski definition) is 8. The molecule has 0 saturated carbocycles. The Labute approximate surface area is 148 Å². The first-order chi connectivity index (χ1) is 11.6. The number of likely N-dealkylation sites (N-methyl/N-ethyl adjacent to an activating group) is 1. The van der Waals surface area contributed by atoms with Crippen molar-refractivity contribution < 1.29 is 9.45 Å². The topological polar surface area (TPSA) is 125 Å². The van der Waals surface area contributed by atoms with E-state index in [2.05, 4.69) is 25.8 Å². The summed E-state index contributed by atoms with van der Waals surface area (Å²) in [7, 11) is 1.86. The van der Waals surface area contributed by atoms with Crippen LogP contribution in [-0.4, -0.2) is 43.1 Å². The first-order valence-electron chi connectivity index (χ1n) is 7.24. The Hall–Kier alpha value is -2.85. The van der Waals surface area contributed by atoms with Crippen molar-refractivity contribution in [1.29, 1.82) is 0 Å². The van der Waals surface area contributed by atoms with E-state index < -0.39 is 4.92 Å². The highest BCUT2D eigenvalue weighted by atomic mass is 35.5. The Morgan fingerprint density at radius 3 is 2.96 bits per heavy atom. The van der Waals surface area contributed by atoms with E-state index in [0.717, 1.165) is 0 Å². The number of aromatic nitrogens is 5. The standard InChI is InChI=1S/C14H15N7O3.ClH/c1-9(15-2)6-13-16-14(24-18-13)12-8-20(19-17-12)10-4-3-5-11(7-10)21(22)23;/h3-5,7-9,15H,6H2,1-2H3;1H. The third kappa shape index (κ3) is 4.17. The number of nitrogens with zero attached hydrogens (tertiary/aromatic N) is 6. The first kappa shape index (κ1) is 18.5. The fourth-order valence-corrected chi connectivity index (χ4v) is 2.05. The zero-order valence-corrected chi connectivity index (χ0v) is 14.3. The Kier molecular flexibility index (Phi) is 5.78. The Morgan fingerprint density at radius 1 is 1.44 bits per heavy atom. The maximum absolute atomic E-state index is 10.8. The molecule has 1 N–H and O–H groups in total. The van der Waals surface area contributed by atoms with Gasteiger partial charge in [0.05, 0.1) is 16.8 Å². The number of hydrogen-bond donors (Lipinski definition) is 1. The maximum Gasteiger partial charge on any atom is 0.280 e. The summed E-state index contributed by atoms with van der Waals surface area (Å²) in [5.41, 5.74) is 0.898. The summed E-state index contributed by atoms with van der Waals surface area (Å²) in [6.07, 6.45) is 2.21. The fourth-order valence-electron chi connectivity index (χ4n) is 2.05. The van der Waals surface area contributed by atoms with Crippen molar-refractivity contribution in [1.82, 2.24) is 30.5 Å². The van der Waals surface area contributed by atoms with Gasteiger partial charge in [0.25, 0.3) is 11.6 Å². The summed E-state index contributed by atoms with van der Waals surface area (Å²) < 4.78 is 6.61. The molecular formula is C14H16ClN7O3. The normalized spacial score (nSPS) is 11.8. The van der Waals surface area contributed by atoms with Crippen molar-refractivity contribution in [2.24, 2.45) is 0 Å². The molecule has 0 spiro atoms. The molecule has 0 amide bonds. The van der Waals surface area contributed by atoms with Crippen LogP contribution in [0.25, 0.3) is 17.3 Å². The molecule has 0 saturated heterocycles. The largest absolute Gasteiger partial charge is 0.332 e. The molecule has 0 aliphatic carbocycles. The van der Waals surface area contributed by atoms with E-state index in [9.17, 15) is 10.1 Å². The lowest BCUT2D eigenvalue weighted by atomic mass is 10.2. The number of benzene rings is 1. The van der Waals surface area contributed by atoms with Gasteiger partial charge in [0.15, 0.2) is 11.5 Å². The second kappa shape index (κ2) is 7.81. The van der Waals surface area contributed by atoms with Crippen molar-refractivity contribution in [2.75, 3.05) is 7.05 Å². The maximum atomic E-state index is 10.8. The SMILES string of the molecule is CNC(C)Cc1noc(-c2cn(-c3cccc([N+](=O)[O-])c3)nn2)n1.Cl. The Balaban J connectivity index is 0.00000225. The van der Waals surface area contributed by atoms with Gasteiger partial charge in [0, 0.05) is 24.6 Å². The molecule has 2 aromatic heterocycles. The predicted molar refractivity (Wildman–Crippen MR) is 90.8 cm³/mol.